The highest BCUT2D eigenvalue weighted by atomic mass is 127. The molecule has 2 aromatic rings. The lowest BCUT2D eigenvalue weighted by atomic mass is 10.3. The average molecular weight is 400 g/mol. The molecule has 0 saturated carbocycles. The Balaban J connectivity index is 1.86. The zero-order valence-corrected chi connectivity index (χ0v) is 14.1. The van der Waals surface area contributed by atoms with Crippen LogP contribution in [-0.4, -0.2) is 34.5 Å². The largest absolute Gasteiger partial charge is 0.338 e. The molecule has 0 saturated heterocycles. The molecule has 0 spiro atoms. The molecule has 0 radical (unpaired) electrons. The van der Waals surface area contributed by atoms with Crippen molar-refractivity contribution < 1.29 is 9.32 Å². The van der Waals surface area contributed by atoms with Gasteiger partial charge >= 0.3 is 0 Å². The van der Waals surface area contributed by atoms with E-state index in [1.807, 2.05) is 43.1 Å². The van der Waals surface area contributed by atoms with Crippen molar-refractivity contribution in [3.8, 4) is 0 Å². The maximum absolute atomic E-state index is 12.0. The van der Waals surface area contributed by atoms with Crippen LogP contribution >= 0.6 is 22.6 Å². The summed E-state index contributed by atoms with van der Waals surface area (Å²) in [6.07, 6.45) is 0.736. The fourth-order valence-corrected chi connectivity index (χ4v) is 2.30. The second-order valence-corrected chi connectivity index (χ2v) is 5.82. The van der Waals surface area contributed by atoms with Gasteiger partial charge in [0, 0.05) is 9.99 Å². The van der Waals surface area contributed by atoms with Crippen molar-refractivity contribution in [3.05, 3.63) is 39.6 Å². The van der Waals surface area contributed by atoms with Gasteiger partial charge in [0.2, 0.25) is 11.8 Å². The van der Waals surface area contributed by atoms with Gasteiger partial charge < -0.3 is 9.84 Å². The van der Waals surface area contributed by atoms with Crippen LogP contribution in [0.2, 0.25) is 0 Å². The first-order valence-electron chi connectivity index (χ1n) is 6.63. The minimum absolute atomic E-state index is 0.0724. The Morgan fingerprint density at radius 3 is 2.86 bits per heavy atom. The number of amides is 1. The first-order valence-corrected chi connectivity index (χ1v) is 7.70. The van der Waals surface area contributed by atoms with Gasteiger partial charge in [-0.15, -0.1) is 0 Å². The Kier molecular flexibility index (Phi) is 5.68. The zero-order chi connectivity index (χ0) is 15.2. The van der Waals surface area contributed by atoms with Crippen molar-refractivity contribution in [1.29, 1.82) is 0 Å². The van der Waals surface area contributed by atoms with E-state index < -0.39 is 0 Å². The summed E-state index contributed by atoms with van der Waals surface area (Å²) in [5, 5.41) is 6.72. The van der Waals surface area contributed by atoms with Gasteiger partial charge in [-0.05, 0) is 41.8 Å². The summed E-state index contributed by atoms with van der Waals surface area (Å²) in [5.74, 6) is 1.13. The zero-order valence-electron chi connectivity index (χ0n) is 12.0. The number of benzene rings is 1. The molecule has 0 aliphatic rings. The normalized spacial score (nSPS) is 10.9. The summed E-state index contributed by atoms with van der Waals surface area (Å²) in [6.45, 7) is 2.67. The number of likely N-dealkylation sites (N-methyl/N-ethyl adjacent to an activating group) is 1. The highest BCUT2D eigenvalue weighted by Crippen LogP contribution is 2.16. The third kappa shape index (κ3) is 4.78. The Morgan fingerprint density at radius 2 is 2.19 bits per heavy atom. The predicted octanol–water partition coefficient (Wildman–Crippen LogP) is 2.31. The van der Waals surface area contributed by atoms with E-state index in [1.54, 1.807) is 0 Å². The van der Waals surface area contributed by atoms with Crippen LogP contribution in [0, 0.1) is 3.57 Å². The number of anilines is 1. The fraction of sp³-hybridized carbons (Fsp3) is 0.357. The van der Waals surface area contributed by atoms with Gasteiger partial charge in [0.25, 0.3) is 0 Å². The van der Waals surface area contributed by atoms with E-state index in [-0.39, 0.29) is 12.5 Å². The smallest absolute Gasteiger partial charge is 0.240 e. The number of carbonyl (C=O) groups excluding carboxylic acids is 1. The summed E-state index contributed by atoms with van der Waals surface area (Å²) >= 11 is 2.19. The molecule has 7 heteroatoms. The Morgan fingerprint density at radius 1 is 1.43 bits per heavy atom. The summed E-state index contributed by atoms with van der Waals surface area (Å²) in [7, 11) is 1.84. The van der Waals surface area contributed by atoms with E-state index in [1.165, 1.54) is 0 Å². The van der Waals surface area contributed by atoms with Crippen molar-refractivity contribution in [2.75, 3.05) is 18.9 Å². The van der Waals surface area contributed by atoms with Crippen molar-refractivity contribution in [2.24, 2.45) is 0 Å². The van der Waals surface area contributed by atoms with Crippen LogP contribution in [-0.2, 0) is 17.8 Å². The van der Waals surface area contributed by atoms with E-state index in [0.29, 0.717) is 18.3 Å². The molecule has 1 amide bonds. The Labute approximate surface area is 137 Å². The minimum atomic E-state index is -0.0724. The second kappa shape index (κ2) is 7.51. The number of nitrogens with zero attached hydrogens (tertiary/aromatic N) is 3. The van der Waals surface area contributed by atoms with Gasteiger partial charge in [-0.1, -0.05) is 24.2 Å². The quantitative estimate of drug-likeness (QED) is 0.754. The maximum atomic E-state index is 12.0. The van der Waals surface area contributed by atoms with Crippen LogP contribution in [0.3, 0.4) is 0 Å². The molecule has 0 bridgehead atoms. The molecule has 21 heavy (non-hydrogen) atoms. The molecule has 0 aliphatic heterocycles. The van der Waals surface area contributed by atoms with Crippen molar-refractivity contribution in [3.63, 3.8) is 0 Å². The average Bonchev–Trinajstić information content (AvgIpc) is 2.88. The minimum Gasteiger partial charge on any atom is -0.338 e. The van der Waals surface area contributed by atoms with Gasteiger partial charge in [0.05, 0.1) is 18.8 Å². The Hall–Kier alpha value is -1.48. The summed E-state index contributed by atoms with van der Waals surface area (Å²) in [5.41, 5.74) is 0.822. The first kappa shape index (κ1) is 15.9. The highest BCUT2D eigenvalue weighted by Gasteiger charge is 2.12. The van der Waals surface area contributed by atoms with E-state index in [2.05, 4.69) is 38.0 Å². The number of aryl methyl sites for hydroxylation is 1. The number of hydrogen-bond donors (Lipinski definition) is 1. The summed E-state index contributed by atoms with van der Waals surface area (Å²) in [6, 6.07) is 7.66. The topological polar surface area (TPSA) is 71.3 Å². The van der Waals surface area contributed by atoms with Gasteiger partial charge in [0.1, 0.15) is 0 Å². The van der Waals surface area contributed by atoms with Crippen molar-refractivity contribution in [2.45, 2.75) is 19.9 Å². The lowest BCUT2D eigenvalue weighted by Crippen LogP contribution is -2.30. The number of rotatable bonds is 6. The van der Waals surface area contributed by atoms with Crippen LogP contribution < -0.4 is 5.32 Å². The third-order valence-electron chi connectivity index (χ3n) is 2.79. The standard InChI is InChI=1S/C14H17IN4O2/c1-3-12-17-14(21-18-12)9-19(2)8-13(20)16-11-7-5-4-6-10(11)15/h4-7H,3,8-9H2,1-2H3,(H,16,20). The van der Waals surface area contributed by atoms with Gasteiger partial charge in [-0.25, -0.2) is 0 Å². The van der Waals surface area contributed by atoms with E-state index in [0.717, 1.165) is 15.7 Å². The van der Waals surface area contributed by atoms with Crippen LogP contribution in [0.25, 0.3) is 0 Å². The number of aromatic nitrogens is 2. The molecule has 0 fully saturated rings. The molecule has 0 atom stereocenters. The van der Waals surface area contributed by atoms with E-state index in [4.69, 9.17) is 4.52 Å². The molecule has 6 nitrogen and oxygen atoms in total. The number of hydrogen-bond acceptors (Lipinski definition) is 5. The molecule has 1 aromatic heterocycles. The molecular formula is C14H17IN4O2. The molecular weight excluding hydrogens is 383 g/mol. The summed E-state index contributed by atoms with van der Waals surface area (Å²) in [4.78, 5) is 18.1. The molecule has 2 rings (SSSR count). The van der Waals surface area contributed by atoms with Crippen LogP contribution in [0.4, 0.5) is 5.69 Å². The van der Waals surface area contributed by atoms with E-state index >= 15 is 0 Å². The Bertz CT molecular complexity index is 615. The molecule has 0 aliphatic carbocycles. The third-order valence-corrected chi connectivity index (χ3v) is 3.73. The highest BCUT2D eigenvalue weighted by molar-refractivity contribution is 14.1. The molecule has 1 aromatic carbocycles. The molecule has 0 unspecified atom stereocenters. The van der Waals surface area contributed by atoms with E-state index in [9.17, 15) is 4.79 Å². The first-order chi connectivity index (χ1) is 10.1. The van der Waals surface area contributed by atoms with Gasteiger partial charge in [-0.2, -0.15) is 4.98 Å². The SMILES string of the molecule is CCc1noc(CN(C)CC(=O)Nc2ccccc2I)n1. The van der Waals surface area contributed by atoms with Crippen molar-refractivity contribution in [1.82, 2.24) is 15.0 Å². The number of halogens is 1. The fourth-order valence-electron chi connectivity index (χ4n) is 1.78. The number of para-hydroxylation sites is 1. The lowest BCUT2D eigenvalue weighted by Gasteiger charge is -2.14. The maximum Gasteiger partial charge on any atom is 0.240 e. The van der Waals surface area contributed by atoms with Gasteiger partial charge in [0.15, 0.2) is 5.82 Å². The van der Waals surface area contributed by atoms with Crippen molar-refractivity contribution >= 4 is 34.2 Å². The second-order valence-electron chi connectivity index (χ2n) is 4.66. The molecule has 1 N–H and O–H groups in total. The van der Waals surface area contributed by atoms with Crippen LogP contribution in [0.5, 0.6) is 0 Å². The number of carbonyl (C=O) groups is 1. The molecule has 1 heterocycles. The molecule has 112 valence electrons. The van der Waals surface area contributed by atoms with Crippen LogP contribution in [0.15, 0.2) is 28.8 Å². The number of nitrogens with one attached hydrogen (secondary N) is 1. The van der Waals surface area contributed by atoms with Crippen LogP contribution in [0.1, 0.15) is 18.6 Å². The predicted molar refractivity (Wildman–Crippen MR) is 87.8 cm³/mol. The van der Waals surface area contributed by atoms with Gasteiger partial charge in [-0.3, -0.25) is 9.69 Å². The summed E-state index contributed by atoms with van der Waals surface area (Å²) < 4.78 is 6.12. The lowest BCUT2D eigenvalue weighted by molar-refractivity contribution is -0.117. The monoisotopic (exact) mass is 400 g/mol.